The van der Waals surface area contributed by atoms with Crippen molar-refractivity contribution in [2.45, 2.75) is 13.8 Å². The van der Waals surface area contributed by atoms with Gasteiger partial charge in [0, 0.05) is 61.9 Å². The molecule has 2 fully saturated rings. The minimum atomic E-state index is -0.161. The van der Waals surface area contributed by atoms with Gasteiger partial charge in [0.05, 0.1) is 5.69 Å². The number of nitrogens with zero attached hydrogens (tertiary/aromatic N) is 6. The third-order valence-corrected chi connectivity index (χ3v) is 5.46. The van der Waals surface area contributed by atoms with Crippen LogP contribution in [0.15, 0.2) is 29.1 Å². The zero-order valence-electron chi connectivity index (χ0n) is 14.9. The van der Waals surface area contributed by atoms with Crippen LogP contribution in [0.1, 0.15) is 11.4 Å². The van der Waals surface area contributed by atoms with Gasteiger partial charge < -0.3 is 9.80 Å². The van der Waals surface area contributed by atoms with Gasteiger partial charge in [0.15, 0.2) is 5.65 Å². The topological polar surface area (TPSA) is 82.4 Å². The molecule has 5 rings (SSSR count). The SMILES string of the molecule is Cc1cc(N2CC3CN(c4ccc(=O)[nH]n4)CC3C2)n2nc(C)cc2n1. The summed E-state index contributed by atoms with van der Waals surface area (Å²) in [5.74, 6) is 3.16. The van der Waals surface area contributed by atoms with Crippen molar-refractivity contribution in [3.05, 3.63) is 46.0 Å². The second-order valence-corrected chi connectivity index (χ2v) is 7.42. The van der Waals surface area contributed by atoms with Crippen LogP contribution < -0.4 is 15.4 Å². The van der Waals surface area contributed by atoms with Gasteiger partial charge in [-0.2, -0.15) is 14.7 Å². The van der Waals surface area contributed by atoms with E-state index in [1.165, 1.54) is 0 Å². The predicted molar refractivity (Wildman–Crippen MR) is 98.7 cm³/mol. The number of anilines is 2. The molecule has 3 aromatic heterocycles. The smallest absolute Gasteiger partial charge is 0.264 e. The predicted octanol–water partition coefficient (Wildman–Crippen LogP) is 1.00. The van der Waals surface area contributed by atoms with E-state index in [1.807, 2.05) is 24.4 Å². The molecule has 2 atom stereocenters. The first kappa shape index (κ1) is 15.4. The monoisotopic (exact) mass is 351 g/mol. The number of hydrogen-bond acceptors (Lipinski definition) is 6. The molecule has 8 nitrogen and oxygen atoms in total. The molecule has 1 N–H and O–H groups in total. The fourth-order valence-corrected chi connectivity index (χ4v) is 4.30. The average molecular weight is 351 g/mol. The number of nitrogens with one attached hydrogen (secondary N) is 1. The molecule has 0 bridgehead atoms. The summed E-state index contributed by atoms with van der Waals surface area (Å²) < 4.78 is 1.96. The molecule has 134 valence electrons. The highest BCUT2D eigenvalue weighted by Crippen LogP contribution is 2.35. The van der Waals surface area contributed by atoms with Gasteiger partial charge in [-0.05, 0) is 19.9 Å². The lowest BCUT2D eigenvalue weighted by Gasteiger charge is -2.24. The van der Waals surface area contributed by atoms with Crippen LogP contribution in [0, 0.1) is 25.7 Å². The van der Waals surface area contributed by atoms with Gasteiger partial charge in [0.1, 0.15) is 11.6 Å². The summed E-state index contributed by atoms with van der Waals surface area (Å²) in [5.41, 5.74) is 2.75. The van der Waals surface area contributed by atoms with Gasteiger partial charge in [-0.25, -0.2) is 10.1 Å². The van der Waals surface area contributed by atoms with Crippen LogP contribution in [0.25, 0.3) is 5.65 Å². The lowest BCUT2D eigenvalue weighted by atomic mass is 10.0. The van der Waals surface area contributed by atoms with Crippen LogP contribution in [0.3, 0.4) is 0 Å². The van der Waals surface area contributed by atoms with Crippen LogP contribution in [0.4, 0.5) is 11.6 Å². The molecule has 2 aliphatic heterocycles. The maximum Gasteiger partial charge on any atom is 0.264 e. The highest BCUT2D eigenvalue weighted by molar-refractivity contribution is 5.53. The number of hydrogen-bond donors (Lipinski definition) is 1. The molecular weight excluding hydrogens is 330 g/mol. The fourth-order valence-electron chi connectivity index (χ4n) is 4.30. The Kier molecular flexibility index (Phi) is 3.28. The number of fused-ring (bicyclic) bond motifs is 2. The Labute approximate surface area is 150 Å². The first-order valence-corrected chi connectivity index (χ1v) is 8.96. The maximum absolute atomic E-state index is 11.2. The summed E-state index contributed by atoms with van der Waals surface area (Å²) >= 11 is 0. The van der Waals surface area contributed by atoms with Crippen molar-refractivity contribution >= 4 is 17.3 Å². The number of rotatable bonds is 2. The molecule has 0 amide bonds. The molecule has 2 saturated heterocycles. The van der Waals surface area contributed by atoms with Crippen molar-refractivity contribution < 1.29 is 0 Å². The quantitative estimate of drug-likeness (QED) is 0.742. The van der Waals surface area contributed by atoms with Crippen molar-refractivity contribution in [3.63, 3.8) is 0 Å². The van der Waals surface area contributed by atoms with E-state index in [1.54, 1.807) is 12.1 Å². The zero-order chi connectivity index (χ0) is 17.8. The van der Waals surface area contributed by atoms with Gasteiger partial charge in [-0.15, -0.1) is 0 Å². The van der Waals surface area contributed by atoms with Crippen LogP contribution in [0.5, 0.6) is 0 Å². The van der Waals surface area contributed by atoms with Gasteiger partial charge >= 0.3 is 0 Å². The number of aromatic nitrogens is 5. The van der Waals surface area contributed by atoms with Crippen LogP contribution >= 0.6 is 0 Å². The van der Waals surface area contributed by atoms with Crippen molar-refractivity contribution in [3.8, 4) is 0 Å². The van der Waals surface area contributed by atoms with E-state index in [-0.39, 0.29) is 5.56 Å². The molecular formula is C18H21N7O. The summed E-state index contributed by atoms with van der Waals surface area (Å²) in [6.07, 6.45) is 0. The number of aryl methyl sites for hydroxylation is 2. The standard InChI is InChI=1S/C18H21N7O/c1-11-6-18(25-16(19-11)5-12(2)22-25)24-9-13-7-23(8-14(13)10-24)15-3-4-17(26)21-20-15/h3-6,13-14H,7-10H2,1-2H3,(H,21,26). The summed E-state index contributed by atoms with van der Waals surface area (Å²) in [6, 6.07) is 7.50. The molecule has 0 saturated carbocycles. The summed E-state index contributed by atoms with van der Waals surface area (Å²) in [7, 11) is 0. The fraction of sp³-hybridized carbons (Fsp3) is 0.444. The summed E-state index contributed by atoms with van der Waals surface area (Å²) in [4.78, 5) is 20.5. The third kappa shape index (κ3) is 2.44. The first-order chi connectivity index (χ1) is 12.6. The van der Waals surface area contributed by atoms with E-state index in [4.69, 9.17) is 0 Å². The van der Waals surface area contributed by atoms with E-state index in [0.717, 1.165) is 54.8 Å². The van der Waals surface area contributed by atoms with Gasteiger partial charge in [0.25, 0.3) is 5.56 Å². The minimum absolute atomic E-state index is 0.161. The molecule has 0 radical (unpaired) electrons. The lowest BCUT2D eigenvalue weighted by Crippen LogP contribution is -2.30. The Hall–Kier alpha value is -2.90. The van der Waals surface area contributed by atoms with E-state index in [9.17, 15) is 4.79 Å². The molecule has 2 unspecified atom stereocenters. The van der Waals surface area contributed by atoms with Crippen molar-refractivity contribution in [2.75, 3.05) is 36.0 Å². The Morgan fingerprint density at radius 1 is 1.00 bits per heavy atom. The summed E-state index contributed by atoms with van der Waals surface area (Å²) in [5, 5.41) is 11.3. The van der Waals surface area contributed by atoms with Crippen molar-refractivity contribution in [2.24, 2.45) is 11.8 Å². The van der Waals surface area contributed by atoms with E-state index < -0.39 is 0 Å². The molecule has 0 spiro atoms. The molecule has 5 heterocycles. The van der Waals surface area contributed by atoms with E-state index in [0.29, 0.717) is 11.8 Å². The second-order valence-electron chi connectivity index (χ2n) is 7.42. The molecule has 26 heavy (non-hydrogen) atoms. The van der Waals surface area contributed by atoms with Crippen LogP contribution in [0.2, 0.25) is 0 Å². The Morgan fingerprint density at radius 3 is 2.42 bits per heavy atom. The molecule has 8 heteroatoms. The minimum Gasteiger partial charge on any atom is -0.356 e. The molecule has 0 aromatic carbocycles. The Balaban J connectivity index is 1.39. The molecule has 2 aliphatic rings. The normalized spacial score (nSPS) is 22.4. The van der Waals surface area contributed by atoms with Gasteiger partial charge in [0.2, 0.25) is 0 Å². The average Bonchev–Trinajstić information content (AvgIpc) is 3.26. The van der Waals surface area contributed by atoms with Gasteiger partial charge in [-0.3, -0.25) is 4.79 Å². The molecule has 0 aliphatic carbocycles. The first-order valence-electron chi connectivity index (χ1n) is 8.96. The lowest BCUT2D eigenvalue weighted by molar-refractivity contribution is 0.533. The molecule has 3 aromatic rings. The summed E-state index contributed by atoms with van der Waals surface area (Å²) in [6.45, 7) is 7.97. The van der Waals surface area contributed by atoms with Crippen molar-refractivity contribution in [1.29, 1.82) is 0 Å². The number of aromatic amines is 1. The second kappa shape index (κ2) is 5.55. The third-order valence-electron chi connectivity index (χ3n) is 5.46. The van der Waals surface area contributed by atoms with Crippen LogP contribution in [-0.2, 0) is 0 Å². The highest BCUT2D eigenvalue weighted by Gasteiger charge is 2.41. The zero-order valence-corrected chi connectivity index (χ0v) is 14.9. The number of H-pyrrole nitrogens is 1. The largest absolute Gasteiger partial charge is 0.356 e. The van der Waals surface area contributed by atoms with E-state index >= 15 is 0 Å². The highest BCUT2D eigenvalue weighted by atomic mass is 16.1. The van der Waals surface area contributed by atoms with Crippen LogP contribution in [-0.4, -0.2) is 51.0 Å². The Morgan fingerprint density at radius 2 is 1.73 bits per heavy atom. The maximum atomic E-state index is 11.2. The van der Waals surface area contributed by atoms with Crippen molar-refractivity contribution in [1.82, 2.24) is 24.8 Å². The van der Waals surface area contributed by atoms with E-state index in [2.05, 4.69) is 36.1 Å². The Bertz CT molecular complexity index is 1010. The van der Waals surface area contributed by atoms with Gasteiger partial charge in [-0.1, -0.05) is 0 Å².